The molecule has 2 amide bonds. The van der Waals surface area contributed by atoms with Crippen LogP contribution in [-0.4, -0.2) is 61.5 Å². The minimum Gasteiger partial charge on any atom is -0.493 e. The molecule has 3 aromatic rings. The van der Waals surface area contributed by atoms with Crippen molar-refractivity contribution in [2.75, 3.05) is 39.9 Å². The number of amides is 2. The minimum absolute atomic E-state index is 0.0715. The van der Waals surface area contributed by atoms with Crippen LogP contribution < -0.4 is 9.47 Å². The smallest absolute Gasteiger partial charge is 0.289 e. The van der Waals surface area contributed by atoms with Gasteiger partial charge in [0.1, 0.15) is 5.58 Å². The Hall–Kier alpha value is -3.48. The lowest BCUT2D eigenvalue weighted by atomic mass is 10.2. The second kappa shape index (κ2) is 8.26. The first-order valence-corrected chi connectivity index (χ1v) is 9.47. The first kappa shape index (κ1) is 18.9. The number of carbonyl (C=O) groups excluding carboxylic acids is 2. The first-order valence-electron chi connectivity index (χ1n) is 9.47. The second-order valence-electron chi connectivity index (χ2n) is 6.76. The summed E-state index contributed by atoms with van der Waals surface area (Å²) in [6, 6.07) is 16.5. The van der Waals surface area contributed by atoms with E-state index in [0.29, 0.717) is 49.0 Å². The molecule has 4 rings (SSSR count). The number of furan rings is 1. The van der Waals surface area contributed by atoms with E-state index in [0.717, 1.165) is 5.39 Å². The third-order valence-corrected chi connectivity index (χ3v) is 4.98. The standard InChI is InChI=1S/C22H22N2O5/c1-27-18-8-4-5-9-19(18)28-15-21(25)23-10-12-24(13-11-23)22(26)20-14-16-6-2-3-7-17(16)29-20/h2-9,14H,10-13,15H2,1H3. The Balaban J connectivity index is 1.31. The number of para-hydroxylation sites is 3. The van der Waals surface area contributed by atoms with Gasteiger partial charge in [-0.2, -0.15) is 0 Å². The summed E-state index contributed by atoms with van der Waals surface area (Å²) < 4.78 is 16.5. The zero-order valence-electron chi connectivity index (χ0n) is 16.2. The van der Waals surface area contributed by atoms with Crippen LogP contribution in [0, 0.1) is 0 Å². The van der Waals surface area contributed by atoms with Gasteiger partial charge in [-0.05, 0) is 24.3 Å². The number of hydrogen-bond donors (Lipinski definition) is 0. The monoisotopic (exact) mass is 394 g/mol. The predicted molar refractivity (Wildman–Crippen MR) is 107 cm³/mol. The average molecular weight is 394 g/mol. The number of ether oxygens (including phenoxy) is 2. The number of benzene rings is 2. The predicted octanol–water partition coefficient (Wildman–Crippen LogP) is 2.80. The van der Waals surface area contributed by atoms with Gasteiger partial charge in [0.15, 0.2) is 23.9 Å². The molecular weight excluding hydrogens is 372 g/mol. The SMILES string of the molecule is COc1ccccc1OCC(=O)N1CCN(C(=O)c2cc3ccccc3o2)CC1. The minimum atomic E-state index is -0.154. The Morgan fingerprint density at radius 3 is 2.31 bits per heavy atom. The first-order chi connectivity index (χ1) is 14.2. The molecule has 0 radical (unpaired) electrons. The summed E-state index contributed by atoms with van der Waals surface area (Å²) in [5, 5.41) is 0.901. The van der Waals surface area contributed by atoms with Crippen LogP contribution in [0.15, 0.2) is 59.0 Å². The molecular formula is C22H22N2O5. The highest BCUT2D eigenvalue weighted by atomic mass is 16.5. The average Bonchev–Trinajstić information content (AvgIpc) is 3.21. The van der Waals surface area contributed by atoms with Gasteiger partial charge in [-0.25, -0.2) is 0 Å². The Morgan fingerprint density at radius 2 is 1.59 bits per heavy atom. The van der Waals surface area contributed by atoms with E-state index in [1.54, 1.807) is 35.1 Å². The summed E-state index contributed by atoms with van der Waals surface area (Å²) in [4.78, 5) is 28.6. The molecule has 7 heteroatoms. The van der Waals surface area contributed by atoms with Crippen molar-refractivity contribution in [1.29, 1.82) is 0 Å². The molecule has 1 aliphatic rings. The molecule has 0 atom stereocenters. The van der Waals surface area contributed by atoms with Crippen LogP contribution in [0.25, 0.3) is 11.0 Å². The van der Waals surface area contributed by atoms with Crippen LogP contribution in [0.2, 0.25) is 0 Å². The maximum atomic E-state index is 12.7. The van der Waals surface area contributed by atoms with Crippen LogP contribution in [0.1, 0.15) is 10.6 Å². The summed E-state index contributed by atoms with van der Waals surface area (Å²) in [7, 11) is 1.56. The fourth-order valence-electron chi connectivity index (χ4n) is 3.37. The third kappa shape index (κ3) is 4.03. The zero-order chi connectivity index (χ0) is 20.2. The molecule has 0 saturated carbocycles. The van der Waals surface area contributed by atoms with Crippen LogP contribution >= 0.6 is 0 Å². The highest BCUT2D eigenvalue weighted by Crippen LogP contribution is 2.26. The van der Waals surface area contributed by atoms with Crippen molar-refractivity contribution in [3.05, 3.63) is 60.4 Å². The molecule has 2 aromatic carbocycles. The van der Waals surface area contributed by atoms with Crippen LogP contribution in [0.5, 0.6) is 11.5 Å². The van der Waals surface area contributed by atoms with Gasteiger partial charge in [-0.3, -0.25) is 9.59 Å². The van der Waals surface area contributed by atoms with Crippen LogP contribution in [0.3, 0.4) is 0 Å². The number of piperazine rings is 1. The van der Waals surface area contributed by atoms with Crippen molar-refractivity contribution in [2.24, 2.45) is 0 Å². The van der Waals surface area contributed by atoms with E-state index in [1.165, 1.54) is 0 Å². The molecule has 7 nitrogen and oxygen atoms in total. The highest BCUT2D eigenvalue weighted by Gasteiger charge is 2.27. The molecule has 150 valence electrons. The van der Waals surface area contributed by atoms with E-state index in [2.05, 4.69) is 0 Å². The molecule has 29 heavy (non-hydrogen) atoms. The van der Waals surface area contributed by atoms with Gasteiger partial charge in [0.25, 0.3) is 11.8 Å². The quantitative estimate of drug-likeness (QED) is 0.665. The van der Waals surface area contributed by atoms with Gasteiger partial charge < -0.3 is 23.7 Å². The molecule has 1 aliphatic heterocycles. The van der Waals surface area contributed by atoms with E-state index in [1.807, 2.05) is 36.4 Å². The summed E-state index contributed by atoms with van der Waals surface area (Å²) in [5.74, 6) is 1.17. The van der Waals surface area contributed by atoms with Crippen molar-refractivity contribution in [3.8, 4) is 11.5 Å². The fraction of sp³-hybridized carbons (Fsp3) is 0.273. The summed E-state index contributed by atoms with van der Waals surface area (Å²) in [5.41, 5.74) is 0.693. The van der Waals surface area contributed by atoms with Crippen molar-refractivity contribution in [1.82, 2.24) is 9.80 Å². The normalized spacial score (nSPS) is 14.1. The third-order valence-electron chi connectivity index (χ3n) is 4.98. The maximum absolute atomic E-state index is 12.7. The van der Waals surface area contributed by atoms with Gasteiger partial charge in [0.05, 0.1) is 7.11 Å². The lowest BCUT2D eigenvalue weighted by Gasteiger charge is -2.34. The van der Waals surface area contributed by atoms with Crippen molar-refractivity contribution in [3.63, 3.8) is 0 Å². The van der Waals surface area contributed by atoms with E-state index < -0.39 is 0 Å². The van der Waals surface area contributed by atoms with Crippen LogP contribution in [-0.2, 0) is 4.79 Å². The van der Waals surface area contributed by atoms with Crippen molar-refractivity contribution in [2.45, 2.75) is 0 Å². The molecule has 0 N–H and O–H groups in total. The molecule has 1 fully saturated rings. The van der Waals surface area contributed by atoms with Gasteiger partial charge in [-0.15, -0.1) is 0 Å². The summed E-state index contributed by atoms with van der Waals surface area (Å²) in [6.07, 6.45) is 0. The number of hydrogen-bond acceptors (Lipinski definition) is 5. The number of nitrogens with zero attached hydrogens (tertiary/aromatic N) is 2. The molecule has 1 saturated heterocycles. The van der Waals surface area contributed by atoms with Gasteiger partial charge in [0.2, 0.25) is 0 Å². The van der Waals surface area contributed by atoms with E-state index >= 15 is 0 Å². The molecule has 2 heterocycles. The van der Waals surface area contributed by atoms with Gasteiger partial charge >= 0.3 is 0 Å². The van der Waals surface area contributed by atoms with E-state index in [4.69, 9.17) is 13.9 Å². The number of carbonyl (C=O) groups is 2. The Bertz CT molecular complexity index is 988. The molecule has 0 unspecified atom stereocenters. The largest absolute Gasteiger partial charge is 0.493 e. The maximum Gasteiger partial charge on any atom is 0.289 e. The van der Waals surface area contributed by atoms with Crippen molar-refractivity contribution >= 4 is 22.8 Å². The van der Waals surface area contributed by atoms with Gasteiger partial charge in [0, 0.05) is 31.6 Å². The number of fused-ring (bicyclic) bond motifs is 1. The number of rotatable bonds is 5. The second-order valence-corrected chi connectivity index (χ2v) is 6.76. The van der Waals surface area contributed by atoms with E-state index in [-0.39, 0.29) is 18.4 Å². The Kier molecular flexibility index (Phi) is 5.37. The molecule has 0 bridgehead atoms. The van der Waals surface area contributed by atoms with Crippen LogP contribution in [0.4, 0.5) is 0 Å². The molecule has 0 spiro atoms. The fourth-order valence-corrected chi connectivity index (χ4v) is 3.37. The summed E-state index contributed by atoms with van der Waals surface area (Å²) in [6.45, 7) is 1.75. The van der Waals surface area contributed by atoms with Gasteiger partial charge in [-0.1, -0.05) is 30.3 Å². The lowest BCUT2D eigenvalue weighted by Crippen LogP contribution is -2.51. The Labute approximate surface area is 168 Å². The Morgan fingerprint density at radius 1 is 0.931 bits per heavy atom. The summed E-state index contributed by atoms with van der Waals surface area (Å²) >= 11 is 0. The van der Waals surface area contributed by atoms with E-state index in [9.17, 15) is 9.59 Å². The number of methoxy groups -OCH3 is 1. The zero-order valence-corrected chi connectivity index (χ0v) is 16.2. The molecule has 0 aliphatic carbocycles. The van der Waals surface area contributed by atoms with Crippen molar-refractivity contribution < 1.29 is 23.5 Å². The lowest BCUT2D eigenvalue weighted by molar-refractivity contribution is -0.134. The topological polar surface area (TPSA) is 72.2 Å². The molecule has 1 aromatic heterocycles. The highest BCUT2D eigenvalue weighted by molar-refractivity contribution is 5.96.